The minimum Gasteiger partial charge on any atom is -0.456 e. The van der Waals surface area contributed by atoms with Crippen molar-refractivity contribution in [3.05, 3.63) is 146 Å². The highest BCUT2D eigenvalue weighted by Crippen LogP contribution is 2.47. The summed E-state index contributed by atoms with van der Waals surface area (Å²) in [7, 11) is 0. The van der Waals surface area contributed by atoms with Crippen LogP contribution in [0.1, 0.15) is 0 Å². The van der Waals surface area contributed by atoms with Crippen LogP contribution < -0.4 is 0 Å². The number of rotatable bonds is 2. The Morgan fingerprint density at radius 2 is 0.717 bits per heavy atom. The fourth-order valence-electron chi connectivity index (χ4n) is 8.62. The van der Waals surface area contributed by atoms with E-state index >= 15 is 0 Å². The standard InChI is InChI=1S/C48H24OS4/c1-3-7-38-30(5-1)45-42(50-38)19-20-43-46(45)35-24-28(12-17-41(35)52-43)26-10-15-37-33(22-26)32-21-25(9-14-36(32)49-37)27-11-16-40-34(23-27)29-13-18-44-47(48(29)53-40)31-6-2-4-8-39(31)51-44/h1-24H. The summed E-state index contributed by atoms with van der Waals surface area (Å²) in [5.74, 6) is 0. The van der Waals surface area contributed by atoms with E-state index < -0.39 is 0 Å². The Hall–Kier alpha value is -5.56. The lowest BCUT2D eigenvalue weighted by molar-refractivity contribution is 0.669. The van der Waals surface area contributed by atoms with Gasteiger partial charge in [-0.1, -0.05) is 66.7 Å². The zero-order valence-corrected chi connectivity index (χ0v) is 31.2. The molecule has 0 radical (unpaired) electrons. The zero-order chi connectivity index (χ0) is 34.4. The van der Waals surface area contributed by atoms with E-state index in [9.17, 15) is 0 Å². The highest BCUT2D eigenvalue weighted by atomic mass is 32.1. The van der Waals surface area contributed by atoms with Gasteiger partial charge in [0.25, 0.3) is 0 Å². The van der Waals surface area contributed by atoms with Crippen molar-refractivity contribution < 1.29 is 4.42 Å². The fourth-order valence-corrected chi connectivity index (χ4v) is 13.3. The molecule has 0 unspecified atom stereocenters. The van der Waals surface area contributed by atoms with Crippen molar-refractivity contribution >= 4 is 148 Å². The lowest BCUT2D eigenvalue weighted by Crippen LogP contribution is -1.80. The van der Waals surface area contributed by atoms with Crippen molar-refractivity contribution in [3.63, 3.8) is 0 Å². The molecular weight excluding hydrogens is 721 g/mol. The van der Waals surface area contributed by atoms with Crippen LogP contribution in [0.3, 0.4) is 0 Å². The molecule has 0 saturated carbocycles. The monoisotopic (exact) mass is 744 g/mol. The molecule has 0 bridgehead atoms. The molecule has 0 aliphatic heterocycles. The second kappa shape index (κ2) is 10.5. The Labute approximate surface area is 318 Å². The van der Waals surface area contributed by atoms with E-state index in [1.807, 2.05) is 45.3 Å². The quantitative estimate of drug-likeness (QED) is 0.172. The first-order valence-corrected chi connectivity index (χ1v) is 21.0. The van der Waals surface area contributed by atoms with Crippen molar-refractivity contribution in [1.29, 1.82) is 0 Å². The Balaban J connectivity index is 0.957. The highest BCUT2D eigenvalue weighted by Gasteiger charge is 2.17. The van der Waals surface area contributed by atoms with Crippen LogP contribution in [-0.2, 0) is 0 Å². The molecule has 1 nitrogen and oxygen atoms in total. The van der Waals surface area contributed by atoms with Crippen LogP contribution in [0.15, 0.2) is 150 Å². The molecule has 246 valence electrons. The molecule has 8 aromatic carbocycles. The molecule has 0 amide bonds. The molecule has 0 atom stereocenters. The Bertz CT molecular complexity index is 3700. The molecule has 0 aliphatic carbocycles. The summed E-state index contributed by atoms with van der Waals surface area (Å²) in [6.07, 6.45) is 0. The van der Waals surface area contributed by atoms with Crippen LogP contribution in [0.5, 0.6) is 0 Å². The van der Waals surface area contributed by atoms with E-state index in [-0.39, 0.29) is 0 Å². The van der Waals surface area contributed by atoms with Crippen LogP contribution in [0.4, 0.5) is 0 Å². The van der Waals surface area contributed by atoms with E-state index in [0.29, 0.717) is 0 Å². The van der Waals surface area contributed by atoms with E-state index in [0.717, 1.165) is 21.9 Å². The molecule has 0 fully saturated rings. The maximum absolute atomic E-state index is 6.42. The first-order chi connectivity index (χ1) is 26.2. The number of hydrogen-bond donors (Lipinski definition) is 0. The van der Waals surface area contributed by atoms with Crippen molar-refractivity contribution in [2.75, 3.05) is 0 Å². The Morgan fingerprint density at radius 3 is 1.36 bits per heavy atom. The zero-order valence-electron chi connectivity index (χ0n) is 27.9. The summed E-state index contributed by atoms with van der Waals surface area (Å²) in [5, 5.41) is 13.2. The molecule has 13 rings (SSSR count). The van der Waals surface area contributed by atoms with Crippen LogP contribution >= 0.6 is 45.3 Å². The predicted octanol–water partition coefficient (Wildman–Crippen LogP) is 16.4. The number of hydrogen-bond acceptors (Lipinski definition) is 5. The van der Waals surface area contributed by atoms with E-state index in [1.165, 1.54) is 103 Å². The largest absolute Gasteiger partial charge is 0.456 e. The third-order valence-corrected chi connectivity index (χ3v) is 15.7. The summed E-state index contributed by atoms with van der Waals surface area (Å²) in [6, 6.07) is 54.2. The van der Waals surface area contributed by atoms with Crippen LogP contribution in [-0.4, -0.2) is 0 Å². The second-order valence-electron chi connectivity index (χ2n) is 14.0. The summed E-state index contributed by atoms with van der Waals surface area (Å²) in [4.78, 5) is 0. The fraction of sp³-hybridized carbons (Fsp3) is 0. The number of benzene rings is 8. The molecule has 0 N–H and O–H groups in total. The summed E-state index contributed by atoms with van der Waals surface area (Å²) < 4.78 is 17.2. The normalized spacial score (nSPS) is 12.5. The summed E-state index contributed by atoms with van der Waals surface area (Å²) in [6.45, 7) is 0. The number of thiophene rings is 4. The molecule has 0 spiro atoms. The molecule has 5 aromatic heterocycles. The second-order valence-corrected chi connectivity index (χ2v) is 18.3. The molecule has 5 heteroatoms. The lowest BCUT2D eigenvalue weighted by atomic mass is 9.98. The van der Waals surface area contributed by atoms with E-state index in [4.69, 9.17) is 4.42 Å². The topological polar surface area (TPSA) is 13.1 Å². The third kappa shape index (κ3) is 4.05. The van der Waals surface area contributed by atoms with Gasteiger partial charge in [-0.05, 0) is 101 Å². The highest BCUT2D eigenvalue weighted by molar-refractivity contribution is 7.30. The smallest absolute Gasteiger partial charge is 0.135 e. The first-order valence-electron chi connectivity index (χ1n) is 17.7. The maximum Gasteiger partial charge on any atom is 0.135 e. The van der Waals surface area contributed by atoms with Crippen LogP contribution in [0.25, 0.3) is 125 Å². The van der Waals surface area contributed by atoms with Crippen LogP contribution in [0.2, 0.25) is 0 Å². The van der Waals surface area contributed by atoms with Gasteiger partial charge in [-0.15, -0.1) is 45.3 Å². The molecule has 0 aliphatic rings. The van der Waals surface area contributed by atoms with Gasteiger partial charge in [-0.25, -0.2) is 0 Å². The Morgan fingerprint density at radius 1 is 0.283 bits per heavy atom. The molecule has 5 heterocycles. The number of furan rings is 1. The van der Waals surface area contributed by atoms with Gasteiger partial charge in [-0.3, -0.25) is 0 Å². The summed E-state index contributed by atoms with van der Waals surface area (Å²) >= 11 is 7.58. The number of fused-ring (bicyclic) bond motifs is 17. The molecule has 0 saturated heterocycles. The first kappa shape index (κ1) is 29.0. The van der Waals surface area contributed by atoms with Crippen molar-refractivity contribution in [3.8, 4) is 22.3 Å². The molecule has 13 aromatic rings. The average Bonchev–Trinajstić information content (AvgIpc) is 4.02. The van der Waals surface area contributed by atoms with Crippen molar-refractivity contribution in [2.45, 2.75) is 0 Å². The van der Waals surface area contributed by atoms with Gasteiger partial charge in [0.2, 0.25) is 0 Å². The van der Waals surface area contributed by atoms with Gasteiger partial charge in [0, 0.05) is 91.5 Å². The van der Waals surface area contributed by atoms with Gasteiger partial charge in [0.1, 0.15) is 11.2 Å². The molecule has 53 heavy (non-hydrogen) atoms. The minimum atomic E-state index is 0.917. The van der Waals surface area contributed by atoms with Gasteiger partial charge in [0.15, 0.2) is 0 Å². The molecular formula is C48H24OS4. The minimum absolute atomic E-state index is 0.917. The van der Waals surface area contributed by atoms with Gasteiger partial charge >= 0.3 is 0 Å². The van der Waals surface area contributed by atoms with Gasteiger partial charge in [-0.2, -0.15) is 0 Å². The third-order valence-electron chi connectivity index (χ3n) is 11.1. The lowest BCUT2D eigenvalue weighted by Gasteiger charge is -2.05. The predicted molar refractivity (Wildman–Crippen MR) is 236 cm³/mol. The Kier molecular flexibility index (Phi) is 5.75. The van der Waals surface area contributed by atoms with Gasteiger partial charge < -0.3 is 4.42 Å². The van der Waals surface area contributed by atoms with Crippen molar-refractivity contribution in [1.82, 2.24) is 0 Å². The van der Waals surface area contributed by atoms with Gasteiger partial charge in [0.05, 0.1) is 0 Å². The van der Waals surface area contributed by atoms with Crippen molar-refractivity contribution in [2.24, 2.45) is 0 Å². The van der Waals surface area contributed by atoms with E-state index in [2.05, 4.69) is 146 Å². The maximum atomic E-state index is 6.42. The van der Waals surface area contributed by atoms with Crippen LogP contribution in [0, 0.1) is 0 Å². The SMILES string of the molecule is c1ccc2c(c1)sc1ccc3c4cc(-c5ccc6oc7ccc(-c8ccc9sc%10ccc%11sc%12ccccc%12c%11c%10c9c8)cc7c6c5)ccc4sc3c12. The summed E-state index contributed by atoms with van der Waals surface area (Å²) in [5.41, 5.74) is 6.69. The van der Waals surface area contributed by atoms with E-state index in [1.54, 1.807) is 0 Å². The average molecular weight is 745 g/mol.